The van der Waals surface area contributed by atoms with E-state index < -0.39 is 24.8 Å². The van der Waals surface area contributed by atoms with Gasteiger partial charge < -0.3 is 0 Å². The summed E-state index contributed by atoms with van der Waals surface area (Å²) in [7, 11) is 0. The number of rotatable bonds is 8. The standard InChI is InChI=1S/C9H7NO4.3C6H5.Sn/c11-9(12)6-3-7-1-4-8(5-2-7)10(13)14;3*1-2-4-6-5-3-1;/h1-6H,(H,11,12);3*1-5H;/q;;;;+1. The minimum absolute atomic E-state index is 0.339. The van der Waals surface area contributed by atoms with E-state index >= 15 is 0 Å². The number of nitrogens with zero attached hydrogens (tertiary/aromatic N) is 1. The van der Waals surface area contributed by atoms with Crippen molar-refractivity contribution in [2.75, 3.05) is 0 Å². The van der Waals surface area contributed by atoms with Gasteiger partial charge in [-0.15, -0.1) is 0 Å². The van der Waals surface area contributed by atoms with Crippen LogP contribution in [0.4, 0.5) is 5.69 Å². The summed E-state index contributed by atoms with van der Waals surface area (Å²) in [5, 5.41) is 8.81. The molecule has 0 saturated heterocycles. The topological polar surface area (TPSA) is 66.6 Å². The fourth-order valence-corrected chi connectivity index (χ4v) is 14.2. The third-order valence-corrected chi connectivity index (χ3v) is 16.4. The third-order valence-electron chi connectivity index (χ3n) is 5.28. The van der Waals surface area contributed by atoms with Gasteiger partial charge in [-0.1, -0.05) is 0 Å². The Morgan fingerprint density at radius 2 is 1.12 bits per heavy atom. The normalized spacial score (nSPS) is 11.3. The molecule has 0 aliphatic carbocycles. The molecule has 0 bridgehead atoms. The van der Waals surface area contributed by atoms with Gasteiger partial charge >= 0.3 is 197 Å². The van der Waals surface area contributed by atoms with Gasteiger partial charge in [-0.2, -0.15) is 0 Å². The van der Waals surface area contributed by atoms with E-state index in [9.17, 15) is 9.70 Å². The molecule has 0 spiro atoms. The SMILES string of the molecule is O=C(O)C=Cc1ccc([N+](=O)[O][Sn]([c]2ccccc2)([c]2ccccc2)[c]2ccccc2)cc1. The van der Waals surface area contributed by atoms with Crippen LogP contribution in [0.1, 0.15) is 5.56 Å². The van der Waals surface area contributed by atoms with Crippen molar-refractivity contribution in [1.29, 1.82) is 0 Å². The Kier molecular flexibility index (Phi) is 7.00. The molecule has 5 nitrogen and oxygen atoms in total. The summed E-state index contributed by atoms with van der Waals surface area (Å²) in [6, 6.07) is 36.5. The van der Waals surface area contributed by atoms with Crippen molar-refractivity contribution in [1.82, 2.24) is 0 Å². The Bertz CT molecular complexity index is 1160. The zero-order valence-electron chi connectivity index (χ0n) is 17.7. The fraction of sp³-hybridized carbons (Fsp3) is 0. The summed E-state index contributed by atoms with van der Waals surface area (Å²) in [4.78, 5) is 24.7. The maximum absolute atomic E-state index is 13.4. The van der Waals surface area contributed by atoms with Crippen LogP contribution < -0.4 is 10.7 Å². The molecule has 6 heteroatoms. The molecule has 0 fully saturated rings. The molecule has 4 aromatic rings. The number of carbonyl (C=O) groups is 1. The molecule has 0 aliphatic heterocycles. The second-order valence-corrected chi connectivity index (χ2v) is 16.7. The van der Waals surface area contributed by atoms with Crippen LogP contribution in [0, 0.1) is 4.91 Å². The number of carboxylic acids is 1. The molecule has 0 heterocycles. The van der Waals surface area contributed by atoms with Gasteiger partial charge in [0.1, 0.15) is 0 Å². The van der Waals surface area contributed by atoms with Crippen molar-refractivity contribution in [3.63, 3.8) is 0 Å². The van der Waals surface area contributed by atoms with Crippen molar-refractivity contribution in [2.24, 2.45) is 0 Å². The Labute approximate surface area is 196 Å². The van der Waals surface area contributed by atoms with Crippen LogP contribution >= 0.6 is 0 Å². The van der Waals surface area contributed by atoms with Gasteiger partial charge in [0.05, 0.1) is 0 Å². The minimum atomic E-state index is -4.22. The van der Waals surface area contributed by atoms with Crippen molar-refractivity contribution in [3.05, 3.63) is 132 Å². The van der Waals surface area contributed by atoms with Gasteiger partial charge in [-0.25, -0.2) is 0 Å². The summed E-state index contributed by atoms with van der Waals surface area (Å²) in [5.74, 6) is -1.03. The van der Waals surface area contributed by atoms with Gasteiger partial charge in [-0.3, -0.25) is 0 Å². The Balaban J connectivity index is 1.80. The number of hydrogen-bond acceptors (Lipinski definition) is 3. The fourth-order valence-electron chi connectivity index (χ4n) is 3.73. The summed E-state index contributed by atoms with van der Waals surface area (Å²) < 4.78 is 9.55. The first-order valence-corrected chi connectivity index (χ1v) is 15.9. The molecule has 1 N–H and O–H groups in total. The molecule has 0 aliphatic rings. The Morgan fingerprint density at radius 3 is 1.52 bits per heavy atom. The average Bonchev–Trinajstić information content (AvgIpc) is 2.88. The third kappa shape index (κ3) is 5.04. The van der Waals surface area contributed by atoms with Crippen LogP contribution in [-0.2, 0) is 7.97 Å². The zero-order valence-corrected chi connectivity index (χ0v) is 20.6. The second-order valence-electron chi connectivity index (χ2n) is 7.39. The molecule has 0 atom stereocenters. The van der Waals surface area contributed by atoms with Crippen LogP contribution in [0.2, 0.25) is 0 Å². The van der Waals surface area contributed by atoms with Crippen molar-refractivity contribution >= 4 is 47.3 Å². The van der Waals surface area contributed by atoms with E-state index in [1.807, 2.05) is 91.0 Å². The predicted molar refractivity (Wildman–Crippen MR) is 131 cm³/mol. The van der Waals surface area contributed by atoms with Crippen LogP contribution in [0.3, 0.4) is 0 Å². The molecule has 0 amide bonds. The van der Waals surface area contributed by atoms with Crippen molar-refractivity contribution in [3.8, 4) is 0 Å². The number of aliphatic carboxylic acids is 1. The first-order chi connectivity index (χ1) is 16.1. The molecule has 0 unspecified atom stereocenters. The van der Waals surface area contributed by atoms with Gasteiger partial charge in [0.2, 0.25) is 0 Å². The van der Waals surface area contributed by atoms with Crippen molar-refractivity contribution in [2.45, 2.75) is 0 Å². The summed E-state index contributed by atoms with van der Waals surface area (Å²) in [6.07, 6.45) is 2.53. The van der Waals surface area contributed by atoms with Gasteiger partial charge in [0, 0.05) is 0 Å². The Hall–Kier alpha value is -3.71. The molecule has 0 saturated carbocycles. The molecular formula is C27H22NO4Sn+. The van der Waals surface area contributed by atoms with Crippen molar-refractivity contribution < 1.29 is 18.0 Å². The van der Waals surface area contributed by atoms with Crippen LogP contribution in [0.15, 0.2) is 121 Å². The van der Waals surface area contributed by atoms with E-state index in [0.717, 1.165) is 16.8 Å². The summed E-state index contributed by atoms with van der Waals surface area (Å²) >= 11 is -4.22. The summed E-state index contributed by atoms with van der Waals surface area (Å²) in [5.41, 5.74) is 1.02. The van der Waals surface area contributed by atoms with Gasteiger partial charge in [0.25, 0.3) is 0 Å². The van der Waals surface area contributed by atoms with E-state index in [2.05, 4.69) is 0 Å². The van der Waals surface area contributed by atoms with Crippen LogP contribution in [0.25, 0.3) is 6.08 Å². The molecular weight excluding hydrogens is 521 g/mol. The van der Waals surface area contributed by atoms with E-state index in [1.165, 1.54) is 6.08 Å². The van der Waals surface area contributed by atoms with Crippen LogP contribution in [0.5, 0.6) is 0 Å². The molecule has 162 valence electrons. The quantitative estimate of drug-likeness (QED) is 0.209. The monoisotopic (exact) mass is 544 g/mol. The molecule has 4 aromatic carbocycles. The predicted octanol–water partition coefficient (Wildman–Crippen LogP) is 3.79. The molecule has 4 rings (SSSR count). The average molecular weight is 543 g/mol. The zero-order chi connectivity index (χ0) is 23.1. The maximum atomic E-state index is 13.4. The molecule has 0 aromatic heterocycles. The first-order valence-electron chi connectivity index (χ1n) is 10.4. The van der Waals surface area contributed by atoms with Gasteiger partial charge in [0.15, 0.2) is 0 Å². The van der Waals surface area contributed by atoms with Crippen LogP contribution in [-0.4, -0.2) is 34.8 Å². The summed E-state index contributed by atoms with van der Waals surface area (Å²) in [6.45, 7) is 0. The number of hydrogen-bond donors (Lipinski definition) is 1. The molecule has 33 heavy (non-hydrogen) atoms. The van der Waals surface area contributed by atoms with E-state index in [1.54, 1.807) is 24.3 Å². The van der Waals surface area contributed by atoms with E-state index in [0.29, 0.717) is 16.2 Å². The first kappa shape index (κ1) is 22.5. The Morgan fingerprint density at radius 1 is 0.697 bits per heavy atom. The van der Waals surface area contributed by atoms with E-state index in [4.69, 9.17) is 8.28 Å². The molecule has 0 radical (unpaired) electrons. The van der Waals surface area contributed by atoms with Gasteiger partial charge in [-0.05, 0) is 0 Å². The number of carboxylic acid groups (broad SMARTS) is 1. The second kappa shape index (κ2) is 10.3. The number of benzene rings is 4. The van der Waals surface area contributed by atoms with E-state index in [-0.39, 0.29) is 0 Å².